The second kappa shape index (κ2) is 15.1. The van der Waals surface area contributed by atoms with Gasteiger partial charge >= 0.3 is 11.9 Å². The number of rotatable bonds is 8. The van der Waals surface area contributed by atoms with Gasteiger partial charge in [0.15, 0.2) is 6.10 Å². The number of cyclic esters (lactones) is 1. The van der Waals surface area contributed by atoms with Crippen molar-refractivity contribution >= 4 is 27.9 Å². The van der Waals surface area contributed by atoms with Gasteiger partial charge in [0.1, 0.15) is 0 Å². The molecule has 1 aromatic carbocycles. The average molecular weight is 574 g/mol. The molecule has 7 heteroatoms. The van der Waals surface area contributed by atoms with Gasteiger partial charge in [-0.3, -0.25) is 0 Å². The SMILES string of the molecule is C#CCCCCOC(=O)[C@H](O[C@@H]1C[C@H]2[C@H](O)/C=C/C(=O)O[C@@H](C)CCC/C=C/[C@@H]2C1)c1ccc(Br)cc1. The van der Waals surface area contributed by atoms with Crippen LogP contribution in [0, 0.1) is 24.2 Å². The first-order valence-corrected chi connectivity index (χ1v) is 13.9. The Kier molecular flexibility index (Phi) is 11.9. The highest BCUT2D eigenvalue weighted by atomic mass is 79.9. The highest BCUT2D eigenvalue weighted by molar-refractivity contribution is 9.10. The molecule has 3 rings (SSSR count). The van der Waals surface area contributed by atoms with Crippen molar-refractivity contribution in [2.24, 2.45) is 11.8 Å². The predicted molar refractivity (Wildman–Crippen MR) is 145 cm³/mol. The van der Waals surface area contributed by atoms with E-state index < -0.39 is 24.1 Å². The van der Waals surface area contributed by atoms with E-state index in [0.29, 0.717) is 31.2 Å². The van der Waals surface area contributed by atoms with Crippen LogP contribution in [-0.4, -0.2) is 42.0 Å². The smallest absolute Gasteiger partial charge is 0.339 e. The normalized spacial score (nSPS) is 28.8. The Morgan fingerprint density at radius 3 is 2.78 bits per heavy atom. The largest absolute Gasteiger partial charge is 0.464 e. The molecule has 0 amide bonds. The Labute approximate surface area is 228 Å². The molecule has 200 valence electrons. The number of ether oxygens (including phenoxy) is 3. The summed E-state index contributed by atoms with van der Waals surface area (Å²) in [7, 11) is 0. The number of esters is 2. The second-order valence-electron chi connectivity index (χ2n) is 9.77. The summed E-state index contributed by atoms with van der Waals surface area (Å²) in [6.07, 6.45) is 16.2. The Balaban J connectivity index is 1.73. The molecule has 1 aliphatic heterocycles. The fourth-order valence-corrected chi connectivity index (χ4v) is 5.13. The molecule has 1 aromatic rings. The summed E-state index contributed by atoms with van der Waals surface area (Å²) in [6.45, 7) is 2.17. The van der Waals surface area contributed by atoms with Gasteiger partial charge in [-0.2, -0.15) is 0 Å². The number of aliphatic hydroxyl groups is 1. The van der Waals surface area contributed by atoms with Crippen LogP contribution >= 0.6 is 15.9 Å². The maximum Gasteiger partial charge on any atom is 0.339 e. The Morgan fingerprint density at radius 2 is 2.03 bits per heavy atom. The monoisotopic (exact) mass is 572 g/mol. The van der Waals surface area contributed by atoms with Crippen LogP contribution in [0.2, 0.25) is 0 Å². The minimum absolute atomic E-state index is 0.0594. The number of carbonyl (C=O) groups excluding carboxylic acids is 2. The standard InChI is InChI=1S/C30H37BrO6/c1-3-4-5-9-18-35-30(34)29(22-12-14-24(31)15-13-22)37-25-19-23-11-8-6-7-10-21(2)36-28(33)17-16-27(32)26(23)20-25/h1,8,11-17,21,23,25-27,29,32H,4-7,9-10,18-20H2,2H3/b11-8+,17-16+/t21-,23+,25-,26+,27+,29+/m0/s1. The van der Waals surface area contributed by atoms with Gasteiger partial charge in [-0.15, -0.1) is 12.3 Å². The summed E-state index contributed by atoms with van der Waals surface area (Å²) < 4.78 is 18.2. The topological polar surface area (TPSA) is 82.1 Å². The molecule has 0 radical (unpaired) electrons. The van der Waals surface area contributed by atoms with Crippen molar-refractivity contribution in [3.05, 3.63) is 58.6 Å². The quantitative estimate of drug-likeness (QED) is 0.182. The molecule has 37 heavy (non-hydrogen) atoms. The first-order valence-electron chi connectivity index (χ1n) is 13.1. The van der Waals surface area contributed by atoms with Gasteiger partial charge in [0.25, 0.3) is 0 Å². The number of fused-ring (bicyclic) bond motifs is 1. The summed E-state index contributed by atoms with van der Waals surface area (Å²) >= 11 is 3.44. The van der Waals surface area contributed by atoms with Gasteiger partial charge in [-0.25, -0.2) is 9.59 Å². The molecule has 6 atom stereocenters. The van der Waals surface area contributed by atoms with E-state index in [9.17, 15) is 14.7 Å². The number of aliphatic hydroxyl groups excluding tert-OH is 1. The van der Waals surface area contributed by atoms with Crippen molar-refractivity contribution in [2.75, 3.05) is 6.61 Å². The third-order valence-corrected chi connectivity index (χ3v) is 7.37. The lowest BCUT2D eigenvalue weighted by molar-refractivity contribution is -0.162. The molecular formula is C30H37BrO6. The molecular weight excluding hydrogens is 536 g/mol. The van der Waals surface area contributed by atoms with Crippen molar-refractivity contribution in [3.63, 3.8) is 0 Å². The van der Waals surface area contributed by atoms with Crippen LogP contribution in [0.1, 0.15) is 70.0 Å². The lowest BCUT2D eigenvalue weighted by Crippen LogP contribution is -2.25. The molecule has 0 unspecified atom stereocenters. The maximum absolute atomic E-state index is 13.1. The zero-order chi connectivity index (χ0) is 26.6. The zero-order valence-electron chi connectivity index (χ0n) is 21.4. The van der Waals surface area contributed by atoms with Crippen LogP contribution in [0.4, 0.5) is 0 Å². The minimum atomic E-state index is -0.871. The van der Waals surface area contributed by atoms with Crippen molar-refractivity contribution in [1.29, 1.82) is 0 Å². The van der Waals surface area contributed by atoms with Crippen molar-refractivity contribution in [3.8, 4) is 12.3 Å². The number of halogens is 1. The molecule has 0 aromatic heterocycles. The zero-order valence-corrected chi connectivity index (χ0v) is 23.0. The summed E-state index contributed by atoms with van der Waals surface area (Å²) in [4.78, 5) is 25.2. The molecule has 1 heterocycles. The number of terminal acetylenes is 1. The van der Waals surface area contributed by atoms with Crippen molar-refractivity contribution < 1.29 is 28.9 Å². The molecule has 1 aliphatic carbocycles. The van der Waals surface area contributed by atoms with Crippen LogP contribution in [0.3, 0.4) is 0 Å². The lowest BCUT2D eigenvalue weighted by atomic mass is 9.90. The third kappa shape index (κ3) is 9.45. The van der Waals surface area contributed by atoms with Crippen molar-refractivity contribution in [1.82, 2.24) is 0 Å². The van der Waals surface area contributed by atoms with Crippen LogP contribution in [-0.2, 0) is 23.8 Å². The molecule has 1 N–H and O–H groups in total. The van der Waals surface area contributed by atoms with Gasteiger partial charge in [0.05, 0.1) is 24.9 Å². The van der Waals surface area contributed by atoms with E-state index in [-0.39, 0.29) is 30.7 Å². The fourth-order valence-electron chi connectivity index (χ4n) is 4.87. The molecule has 1 fully saturated rings. The van der Waals surface area contributed by atoms with E-state index in [4.69, 9.17) is 20.6 Å². The number of hydrogen-bond acceptors (Lipinski definition) is 6. The minimum Gasteiger partial charge on any atom is -0.464 e. The number of allylic oxidation sites excluding steroid dienone is 2. The van der Waals surface area contributed by atoms with Crippen molar-refractivity contribution in [2.45, 2.75) is 82.7 Å². The molecule has 0 bridgehead atoms. The fraction of sp³-hybridized carbons (Fsp3) is 0.533. The Hall–Kier alpha value is -2.40. The maximum atomic E-state index is 13.1. The Bertz CT molecular complexity index is 979. The molecule has 6 nitrogen and oxygen atoms in total. The predicted octanol–water partition coefficient (Wildman–Crippen LogP) is 5.84. The summed E-state index contributed by atoms with van der Waals surface area (Å²) in [5.74, 6) is 1.63. The molecule has 2 aliphatic rings. The summed E-state index contributed by atoms with van der Waals surface area (Å²) in [5, 5.41) is 10.9. The van der Waals surface area contributed by atoms with Gasteiger partial charge in [0, 0.05) is 17.0 Å². The van der Waals surface area contributed by atoms with E-state index in [0.717, 1.165) is 30.2 Å². The van der Waals surface area contributed by atoms with Crippen LogP contribution in [0.25, 0.3) is 0 Å². The number of unbranched alkanes of at least 4 members (excludes halogenated alkanes) is 2. The van der Waals surface area contributed by atoms with Gasteiger partial charge < -0.3 is 19.3 Å². The Morgan fingerprint density at radius 1 is 1.24 bits per heavy atom. The van der Waals surface area contributed by atoms with Crippen LogP contribution in [0.5, 0.6) is 0 Å². The summed E-state index contributed by atoms with van der Waals surface area (Å²) in [5.41, 5.74) is 0.715. The van der Waals surface area contributed by atoms with Crippen LogP contribution < -0.4 is 0 Å². The van der Waals surface area contributed by atoms with E-state index in [1.807, 2.05) is 31.2 Å². The average Bonchev–Trinajstić information content (AvgIpc) is 3.28. The lowest BCUT2D eigenvalue weighted by Gasteiger charge is -2.22. The number of benzene rings is 1. The summed E-state index contributed by atoms with van der Waals surface area (Å²) in [6, 6.07) is 7.43. The third-order valence-electron chi connectivity index (χ3n) is 6.85. The highest BCUT2D eigenvalue weighted by Gasteiger charge is 2.39. The van der Waals surface area contributed by atoms with Gasteiger partial charge in [0.2, 0.25) is 0 Å². The van der Waals surface area contributed by atoms with Gasteiger partial charge in [-0.05, 0) is 87.5 Å². The van der Waals surface area contributed by atoms with Crippen LogP contribution in [0.15, 0.2) is 53.0 Å². The molecule has 0 saturated heterocycles. The number of carbonyl (C=O) groups is 2. The second-order valence-corrected chi connectivity index (χ2v) is 10.7. The molecule has 1 saturated carbocycles. The first-order chi connectivity index (χ1) is 17.9. The van der Waals surface area contributed by atoms with E-state index in [2.05, 4.69) is 34.0 Å². The van der Waals surface area contributed by atoms with E-state index in [1.54, 1.807) is 0 Å². The van der Waals surface area contributed by atoms with Gasteiger partial charge in [-0.1, -0.05) is 40.2 Å². The highest BCUT2D eigenvalue weighted by Crippen LogP contribution is 2.40. The first kappa shape index (κ1) is 29.2. The van der Waals surface area contributed by atoms with E-state index >= 15 is 0 Å². The molecule has 0 spiro atoms. The van der Waals surface area contributed by atoms with E-state index in [1.165, 1.54) is 12.2 Å². The number of hydrogen-bond donors (Lipinski definition) is 1.